The van der Waals surface area contributed by atoms with Crippen LogP contribution < -0.4 is 15.0 Å². The zero-order chi connectivity index (χ0) is 23.3. The molecule has 1 fully saturated rings. The van der Waals surface area contributed by atoms with Gasteiger partial charge in [0, 0.05) is 30.9 Å². The predicted octanol–water partition coefficient (Wildman–Crippen LogP) is 3.57. The first-order chi connectivity index (χ1) is 16.7. The average Bonchev–Trinajstić information content (AvgIpc) is 2.89. The Balaban J connectivity index is 1.29. The Kier molecular flexibility index (Phi) is 6.44. The average molecular weight is 458 g/mol. The summed E-state index contributed by atoms with van der Waals surface area (Å²) >= 11 is 0. The summed E-state index contributed by atoms with van der Waals surface area (Å²) in [4.78, 5) is 29.7. The highest BCUT2D eigenvalue weighted by Gasteiger charge is 2.34. The van der Waals surface area contributed by atoms with Gasteiger partial charge in [-0.1, -0.05) is 42.5 Å². The van der Waals surface area contributed by atoms with Crippen LogP contribution in [0.1, 0.15) is 15.9 Å². The van der Waals surface area contributed by atoms with Gasteiger partial charge in [-0.3, -0.25) is 9.59 Å². The minimum Gasteiger partial charge on any atom is -0.477 e. The van der Waals surface area contributed by atoms with Gasteiger partial charge in [-0.2, -0.15) is 0 Å². The quantitative estimate of drug-likeness (QED) is 0.634. The Morgan fingerprint density at radius 2 is 1.59 bits per heavy atom. The number of fused-ring (bicyclic) bond motifs is 1. The molecule has 1 atom stereocenters. The third-order valence-electron chi connectivity index (χ3n) is 6.08. The normalized spacial score (nSPS) is 17.5. The van der Waals surface area contributed by atoms with E-state index in [1.807, 2.05) is 83.8 Å². The van der Waals surface area contributed by atoms with Crippen molar-refractivity contribution in [1.82, 2.24) is 4.90 Å². The standard InChI is InChI=1S/C27H27N3O4/c31-26(28-22-6-2-1-3-7-22)21-12-10-20(11-13-21)18-30-19-25(27(32)29-14-16-33-17-15-29)34-24-9-5-4-8-23(24)30/h1-13,25H,14-19H2,(H,28,31)/t25-/m0/s1. The highest BCUT2D eigenvalue weighted by Crippen LogP contribution is 2.34. The molecule has 0 saturated carbocycles. The maximum Gasteiger partial charge on any atom is 0.265 e. The van der Waals surface area contributed by atoms with Crippen molar-refractivity contribution in [2.75, 3.05) is 43.1 Å². The molecule has 0 spiro atoms. The summed E-state index contributed by atoms with van der Waals surface area (Å²) in [6.45, 7) is 3.36. The SMILES string of the molecule is O=C(Nc1ccccc1)c1ccc(CN2C[C@@H](C(=O)N3CCOCC3)Oc3ccccc32)cc1. The molecule has 3 aromatic carbocycles. The lowest BCUT2D eigenvalue weighted by Crippen LogP contribution is -2.52. The molecule has 1 saturated heterocycles. The van der Waals surface area contributed by atoms with Crippen LogP contribution in [0, 0.1) is 0 Å². The number of nitrogens with zero attached hydrogens (tertiary/aromatic N) is 2. The fourth-order valence-corrected chi connectivity index (χ4v) is 4.28. The number of carbonyl (C=O) groups excluding carboxylic acids is 2. The Morgan fingerprint density at radius 1 is 0.882 bits per heavy atom. The van der Waals surface area contributed by atoms with Gasteiger partial charge < -0.3 is 24.6 Å². The van der Waals surface area contributed by atoms with E-state index in [9.17, 15) is 9.59 Å². The summed E-state index contributed by atoms with van der Waals surface area (Å²) in [6.07, 6.45) is -0.566. The van der Waals surface area contributed by atoms with Crippen LogP contribution in [-0.4, -0.2) is 55.7 Å². The number of morpholine rings is 1. The second-order valence-corrected chi connectivity index (χ2v) is 8.41. The van der Waals surface area contributed by atoms with Crippen molar-refractivity contribution in [2.45, 2.75) is 12.6 Å². The van der Waals surface area contributed by atoms with E-state index >= 15 is 0 Å². The molecule has 174 valence electrons. The third-order valence-corrected chi connectivity index (χ3v) is 6.08. The minimum absolute atomic E-state index is 0.00395. The smallest absolute Gasteiger partial charge is 0.265 e. The minimum atomic E-state index is -0.566. The van der Waals surface area contributed by atoms with Gasteiger partial charge in [0.25, 0.3) is 11.8 Å². The summed E-state index contributed by atoms with van der Waals surface area (Å²) in [5, 5.41) is 2.90. The van der Waals surface area contributed by atoms with Gasteiger partial charge >= 0.3 is 0 Å². The maximum atomic E-state index is 13.1. The summed E-state index contributed by atoms with van der Waals surface area (Å²) in [5.41, 5.74) is 3.36. The van der Waals surface area contributed by atoms with Crippen molar-refractivity contribution in [2.24, 2.45) is 0 Å². The van der Waals surface area contributed by atoms with Crippen LogP contribution in [0.4, 0.5) is 11.4 Å². The second kappa shape index (κ2) is 9.97. The van der Waals surface area contributed by atoms with Gasteiger partial charge in [-0.05, 0) is 42.0 Å². The molecule has 2 amide bonds. The molecular weight excluding hydrogens is 430 g/mol. The molecule has 3 aromatic rings. The molecule has 7 nitrogen and oxygen atoms in total. The van der Waals surface area contributed by atoms with E-state index in [1.165, 1.54) is 0 Å². The van der Waals surface area contributed by atoms with Gasteiger partial charge in [0.1, 0.15) is 5.75 Å². The Morgan fingerprint density at radius 3 is 2.35 bits per heavy atom. The molecule has 0 radical (unpaired) electrons. The van der Waals surface area contributed by atoms with E-state index in [0.717, 1.165) is 16.9 Å². The molecule has 1 N–H and O–H groups in total. The zero-order valence-electron chi connectivity index (χ0n) is 18.9. The molecule has 2 aliphatic heterocycles. The molecule has 0 aliphatic carbocycles. The maximum absolute atomic E-state index is 13.1. The van der Waals surface area contributed by atoms with E-state index in [4.69, 9.17) is 9.47 Å². The van der Waals surface area contributed by atoms with E-state index in [1.54, 1.807) is 0 Å². The fourth-order valence-electron chi connectivity index (χ4n) is 4.28. The van der Waals surface area contributed by atoms with Gasteiger partial charge in [-0.15, -0.1) is 0 Å². The first-order valence-electron chi connectivity index (χ1n) is 11.5. The lowest BCUT2D eigenvalue weighted by Gasteiger charge is -2.38. The van der Waals surface area contributed by atoms with Crippen LogP contribution in [0.15, 0.2) is 78.9 Å². The van der Waals surface area contributed by atoms with Crippen LogP contribution in [0.25, 0.3) is 0 Å². The zero-order valence-corrected chi connectivity index (χ0v) is 18.9. The second-order valence-electron chi connectivity index (χ2n) is 8.41. The van der Waals surface area contributed by atoms with Crippen molar-refractivity contribution in [3.8, 4) is 5.75 Å². The first-order valence-corrected chi connectivity index (χ1v) is 11.5. The number of rotatable bonds is 5. The Labute approximate surface area is 198 Å². The Bertz CT molecular complexity index is 1140. The molecule has 5 rings (SSSR count). The highest BCUT2D eigenvalue weighted by atomic mass is 16.5. The van der Waals surface area contributed by atoms with Gasteiger partial charge in [0.2, 0.25) is 0 Å². The lowest BCUT2D eigenvalue weighted by atomic mass is 10.1. The van der Waals surface area contributed by atoms with Crippen molar-refractivity contribution in [3.05, 3.63) is 90.0 Å². The summed E-state index contributed by atoms with van der Waals surface area (Å²) in [6, 6.07) is 24.8. The number of benzene rings is 3. The van der Waals surface area contributed by atoms with Gasteiger partial charge in [-0.25, -0.2) is 0 Å². The van der Waals surface area contributed by atoms with Crippen molar-refractivity contribution in [1.29, 1.82) is 0 Å². The van der Waals surface area contributed by atoms with Crippen LogP contribution in [-0.2, 0) is 16.1 Å². The predicted molar refractivity (Wildman–Crippen MR) is 130 cm³/mol. The molecule has 7 heteroatoms. The van der Waals surface area contributed by atoms with Gasteiger partial charge in [0.15, 0.2) is 6.10 Å². The number of para-hydroxylation sites is 3. The van der Waals surface area contributed by atoms with E-state index in [2.05, 4.69) is 10.2 Å². The van der Waals surface area contributed by atoms with Crippen LogP contribution in [0.3, 0.4) is 0 Å². The summed E-state index contributed by atoms with van der Waals surface area (Å²) < 4.78 is 11.5. The molecule has 34 heavy (non-hydrogen) atoms. The number of hydrogen-bond donors (Lipinski definition) is 1. The lowest BCUT2D eigenvalue weighted by molar-refractivity contribution is -0.142. The largest absolute Gasteiger partial charge is 0.477 e. The number of hydrogen-bond acceptors (Lipinski definition) is 5. The van der Waals surface area contributed by atoms with Crippen molar-refractivity contribution >= 4 is 23.2 Å². The molecule has 2 aliphatic rings. The van der Waals surface area contributed by atoms with E-state index in [-0.39, 0.29) is 11.8 Å². The Hall–Kier alpha value is -3.84. The van der Waals surface area contributed by atoms with Gasteiger partial charge in [0.05, 0.1) is 25.4 Å². The summed E-state index contributed by atoms with van der Waals surface area (Å²) in [5.74, 6) is 0.556. The number of anilines is 2. The molecule has 0 aromatic heterocycles. The number of ether oxygens (including phenoxy) is 2. The number of carbonyl (C=O) groups is 2. The van der Waals surface area contributed by atoms with E-state index < -0.39 is 6.10 Å². The monoisotopic (exact) mass is 457 g/mol. The highest BCUT2D eigenvalue weighted by molar-refractivity contribution is 6.04. The van der Waals surface area contributed by atoms with Crippen LogP contribution in [0.5, 0.6) is 5.75 Å². The molecular formula is C27H27N3O4. The first kappa shape index (κ1) is 22.0. The topological polar surface area (TPSA) is 71.1 Å². The number of amides is 2. The van der Waals surface area contributed by atoms with Crippen LogP contribution in [0.2, 0.25) is 0 Å². The fraction of sp³-hybridized carbons (Fsp3) is 0.259. The third kappa shape index (κ3) is 4.89. The molecule has 0 bridgehead atoms. The van der Waals surface area contributed by atoms with Crippen molar-refractivity contribution in [3.63, 3.8) is 0 Å². The van der Waals surface area contributed by atoms with Crippen molar-refractivity contribution < 1.29 is 19.1 Å². The van der Waals surface area contributed by atoms with E-state index in [0.29, 0.717) is 50.7 Å². The molecule has 2 heterocycles. The summed E-state index contributed by atoms with van der Waals surface area (Å²) in [7, 11) is 0. The molecule has 0 unspecified atom stereocenters. The van der Waals surface area contributed by atoms with Crippen LogP contribution >= 0.6 is 0 Å². The number of nitrogens with one attached hydrogen (secondary N) is 1.